The topological polar surface area (TPSA) is 29.0 Å². The van der Waals surface area contributed by atoms with Crippen LogP contribution >= 0.6 is 0 Å². The van der Waals surface area contributed by atoms with Gasteiger partial charge in [0.2, 0.25) is 5.95 Å². The Morgan fingerprint density at radius 2 is 2.08 bits per heavy atom. The van der Waals surface area contributed by atoms with E-state index >= 15 is 0 Å². The van der Waals surface area contributed by atoms with Crippen LogP contribution in [0.25, 0.3) is 0 Å². The molecule has 0 spiro atoms. The number of hydrogen-bond acceptors (Lipinski definition) is 3. The van der Waals surface area contributed by atoms with Crippen molar-refractivity contribution in [1.82, 2.24) is 9.97 Å². The van der Waals surface area contributed by atoms with Crippen LogP contribution in [0.3, 0.4) is 0 Å². The summed E-state index contributed by atoms with van der Waals surface area (Å²) in [4.78, 5) is 10.8. The first-order valence-corrected chi connectivity index (χ1v) is 4.91. The molecule has 1 atom stereocenters. The van der Waals surface area contributed by atoms with Crippen molar-refractivity contribution in [3.63, 3.8) is 0 Å². The van der Waals surface area contributed by atoms with Gasteiger partial charge in [-0.15, -0.1) is 0 Å². The van der Waals surface area contributed by atoms with E-state index in [0.29, 0.717) is 6.04 Å². The molecule has 1 aromatic rings. The summed E-state index contributed by atoms with van der Waals surface area (Å²) in [7, 11) is 0. The van der Waals surface area contributed by atoms with E-state index in [1.807, 2.05) is 18.5 Å². The molecular formula is C10H15N3. The van der Waals surface area contributed by atoms with E-state index in [0.717, 1.165) is 12.5 Å². The number of hydrogen-bond donors (Lipinski definition) is 0. The minimum atomic E-state index is 0.594. The second-order valence-corrected chi connectivity index (χ2v) is 3.59. The van der Waals surface area contributed by atoms with E-state index in [1.165, 1.54) is 19.3 Å². The van der Waals surface area contributed by atoms with E-state index in [9.17, 15) is 0 Å². The third-order valence-electron chi connectivity index (χ3n) is 2.61. The zero-order chi connectivity index (χ0) is 9.10. The zero-order valence-corrected chi connectivity index (χ0v) is 7.98. The first-order valence-electron chi connectivity index (χ1n) is 4.91. The van der Waals surface area contributed by atoms with Gasteiger partial charge in [0.15, 0.2) is 0 Å². The first-order chi connectivity index (χ1) is 6.38. The fourth-order valence-corrected chi connectivity index (χ4v) is 1.83. The van der Waals surface area contributed by atoms with Gasteiger partial charge in [-0.25, -0.2) is 9.97 Å². The van der Waals surface area contributed by atoms with Crippen LogP contribution in [0, 0.1) is 0 Å². The van der Waals surface area contributed by atoms with Gasteiger partial charge < -0.3 is 4.90 Å². The molecule has 0 N–H and O–H groups in total. The molecule has 2 heterocycles. The Morgan fingerprint density at radius 1 is 1.31 bits per heavy atom. The minimum Gasteiger partial charge on any atom is -0.338 e. The van der Waals surface area contributed by atoms with E-state index in [1.54, 1.807) is 0 Å². The lowest BCUT2D eigenvalue weighted by Gasteiger charge is -2.33. The molecular weight excluding hydrogens is 162 g/mol. The van der Waals surface area contributed by atoms with Gasteiger partial charge in [0.25, 0.3) is 0 Å². The SMILES string of the molecule is CC1CCCCN1c1ncccn1. The number of anilines is 1. The quantitative estimate of drug-likeness (QED) is 0.655. The van der Waals surface area contributed by atoms with Crippen LogP contribution < -0.4 is 4.90 Å². The molecule has 2 rings (SSSR count). The summed E-state index contributed by atoms with van der Waals surface area (Å²) in [5, 5.41) is 0. The lowest BCUT2D eigenvalue weighted by atomic mass is 10.0. The van der Waals surface area contributed by atoms with Crippen molar-refractivity contribution in [2.75, 3.05) is 11.4 Å². The van der Waals surface area contributed by atoms with Gasteiger partial charge in [-0.05, 0) is 32.3 Å². The highest BCUT2D eigenvalue weighted by Gasteiger charge is 2.19. The van der Waals surface area contributed by atoms with Gasteiger partial charge in [-0.1, -0.05) is 0 Å². The number of rotatable bonds is 1. The predicted octanol–water partition coefficient (Wildman–Crippen LogP) is 1.86. The van der Waals surface area contributed by atoms with Crippen molar-refractivity contribution in [2.45, 2.75) is 32.2 Å². The minimum absolute atomic E-state index is 0.594. The Balaban J connectivity index is 2.15. The van der Waals surface area contributed by atoms with Crippen LogP contribution in [0.1, 0.15) is 26.2 Å². The molecule has 3 heteroatoms. The highest BCUT2D eigenvalue weighted by atomic mass is 15.3. The third-order valence-corrected chi connectivity index (χ3v) is 2.61. The Bertz CT molecular complexity index is 260. The normalized spacial score (nSPS) is 23.2. The van der Waals surface area contributed by atoms with Crippen molar-refractivity contribution in [3.05, 3.63) is 18.5 Å². The Labute approximate surface area is 78.8 Å². The summed E-state index contributed by atoms with van der Waals surface area (Å²) in [6.45, 7) is 3.35. The molecule has 13 heavy (non-hydrogen) atoms. The van der Waals surface area contributed by atoms with Crippen molar-refractivity contribution in [1.29, 1.82) is 0 Å². The fraction of sp³-hybridized carbons (Fsp3) is 0.600. The summed E-state index contributed by atoms with van der Waals surface area (Å²) >= 11 is 0. The average molecular weight is 177 g/mol. The second kappa shape index (κ2) is 3.73. The number of piperidine rings is 1. The van der Waals surface area contributed by atoms with Gasteiger partial charge in [-0.3, -0.25) is 0 Å². The van der Waals surface area contributed by atoms with Crippen LogP contribution in [-0.4, -0.2) is 22.6 Å². The maximum Gasteiger partial charge on any atom is 0.225 e. The molecule has 1 aliphatic rings. The van der Waals surface area contributed by atoms with Gasteiger partial charge in [0.05, 0.1) is 0 Å². The standard InChI is InChI=1S/C10H15N3/c1-9-5-2-3-8-13(9)10-11-6-4-7-12-10/h4,6-7,9H,2-3,5,8H2,1H3. The summed E-state index contributed by atoms with van der Waals surface area (Å²) in [5.41, 5.74) is 0. The van der Waals surface area contributed by atoms with E-state index in [2.05, 4.69) is 21.8 Å². The van der Waals surface area contributed by atoms with Gasteiger partial charge in [0.1, 0.15) is 0 Å². The molecule has 0 aliphatic carbocycles. The number of nitrogens with zero attached hydrogens (tertiary/aromatic N) is 3. The molecule has 1 saturated heterocycles. The lowest BCUT2D eigenvalue weighted by molar-refractivity contribution is 0.477. The predicted molar refractivity (Wildman–Crippen MR) is 52.7 cm³/mol. The smallest absolute Gasteiger partial charge is 0.225 e. The molecule has 0 saturated carbocycles. The second-order valence-electron chi connectivity index (χ2n) is 3.59. The van der Waals surface area contributed by atoms with Crippen LogP contribution in [0.2, 0.25) is 0 Å². The van der Waals surface area contributed by atoms with Gasteiger partial charge in [-0.2, -0.15) is 0 Å². The lowest BCUT2D eigenvalue weighted by Crippen LogP contribution is -2.38. The van der Waals surface area contributed by atoms with E-state index in [-0.39, 0.29) is 0 Å². The Morgan fingerprint density at radius 3 is 2.77 bits per heavy atom. The van der Waals surface area contributed by atoms with Crippen LogP contribution in [0.15, 0.2) is 18.5 Å². The van der Waals surface area contributed by atoms with Crippen LogP contribution in [-0.2, 0) is 0 Å². The maximum atomic E-state index is 4.27. The summed E-state index contributed by atoms with van der Waals surface area (Å²) in [6.07, 6.45) is 7.48. The van der Waals surface area contributed by atoms with E-state index < -0.39 is 0 Å². The summed E-state index contributed by atoms with van der Waals surface area (Å²) < 4.78 is 0. The summed E-state index contributed by atoms with van der Waals surface area (Å²) in [6, 6.07) is 2.45. The Hall–Kier alpha value is -1.12. The maximum absolute atomic E-state index is 4.27. The Kier molecular flexibility index (Phi) is 2.43. The molecule has 70 valence electrons. The molecule has 0 aromatic carbocycles. The van der Waals surface area contributed by atoms with Crippen molar-refractivity contribution in [3.8, 4) is 0 Å². The van der Waals surface area contributed by atoms with Crippen molar-refractivity contribution >= 4 is 5.95 Å². The van der Waals surface area contributed by atoms with E-state index in [4.69, 9.17) is 0 Å². The number of aromatic nitrogens is 2. The molecule has 0 bridgehead atoms. The largest absolute Gasteiger partial charge is 0.338 e. The molecule has 1 unspecified atom stereocenters. The molecule has 0 radical (unpaired) electrons. The molecule has 0 amide bonds. The summed E-state index contributed by atoms with van der Waals surface area (Å²) in [5.74, 6) is 0.884. The molecule has 3 nitrogen and oxygen atoms in total. The fourth-order valence-electron chi connectivity index (χ4n) is 1.83. The monoisotopic (exact) mass is 177 g/mol. The highest BCUT2D eigenvalue weighted by Crippen LogP contribution is 2.20. The third kappa shape index (κ3) is 1.79. The molecule has 1 aliphatic heterocycles. The van der Waals surface area contributed by atoms with Gasteiger partial charge in [0, 0.05) is 25.0 Å². The van der Waals surface area contributed by atoms with Crippen molar-refractivity contribution in [2.24, 2.45) is 0 Å². The highest BCUT2D eigenvalue weighted by molar-refractivity contribution is 5.30. The first kappa shape index (κ1) is 8.48. The zero-order valence-electron chi connectivity index (χ0n) is 7.98. The molecule has 1 aromatic heterocycles. The average Bonchev–Trinajstić information content (AvgIpc) is 2.20. The van der Waals surface area contributed by atoms with Crippen LogP contribution in [0.4, 0.5) is 5.95 Å². The van der Waals surface area contributed by atoms with Crippen molar-refractivity contribution < 1.29 is 0 Å². The molecule has 1 fully saturated rings. The van der Waals surface area contributed by atoms with Gasteiger partial charge >= 0.3 is 0 Å². The van der Waals surface area contributed by atoms with Crippen LogP contribution in [0.5, 0.6) is 0 Å².